The molecule has 3 rings (SSSR count). The number of benzene rings is 2. The molecule has 0 aromatic heterocycles. The summed E-state index contributed by atoms with van der Waals surface area (Å²) in [6, 6.07) is 9.68. The fourth-order valence-electron chi connectivity index (χ4n) is 3.25. The highest BCUT2D eigenvalue weighted by atomic mass is 35.5. The second kappa shape index (κ2) is 7.93. The van der Waals surface area contributed by atoms with Crippen molar-refractivity contribution in [1.29, 1.82) is 0 Å². The van der Waals surface area contributed by atoms with Gasteiger partial charge in [-0.1, -0.05) is 36.7 Å². The predicted octanol–water partition coefficient (Wildman–Crippen LogP) is 6.83. The lowest BCUT2D eigenvalue weighted by Crippen LogP contribution is -2.24. The Labute approximate surface area is 160 Å². The molecule has 0 fully saturated rings. The van der Waals surface area contributed by atoms with Crippen molar-refractivity contribution >= 4 is 17.2 Å². The molecule has 0 unspecified atom stereocenters. The van der Waals surface area contributed by atoms with E-state index in [1.54, 1.807) is 31.2 Å². The summed E-state index contributed by atoms with van der Waals surface area (Å²) in [5.41, 5.74) is 2.14. The number of halogens is 5. The first-order valence-corrected chi connectivity index (χ1v) is 9.13. The van der Waals surface area contributed by atoms with Gasteiger partial charge in [0.05, 0.1) is 0 Å². The van der Waals surface area contributed by atoms with E-state index in [1.807, 2.05) is 0 Å². The SMILES string of the molecule is CCc1ccc(OCC2=C(c3ccc(Cl)cc3)CCC(F)(F)C2)c(F)c1F. The third kappa shape index (κ3) is 4.46. The van der Waals surface area contributed by atoms with Gasteiger partial charge in [-0.15, -0.1) is 0 Å². The maximum absolute atomic E-state index is 14.1. The Morgan fingerprint density at radius 3 is 2.41 bits per heavy atom. The van der Waals surface area contributed by atoms with E-state index < -0.39 is 24.0 Å². The Kier molecular flexibility index (Phi) is 5.80. The number of hydrogen-bond acceptors (Lipinski definition) is 1. The molecule has 0 heterocycles. The average Bonchev–Trinajstić information content (AvgIpc) is 2.63. The summed E-state index contributed by atoms with van der Waals surface area (Å²) in [6.45, 7) is 1.49. The molecule has 2 aromatic rings. The highest BCUT2D eigenvalue weighted by Gasteiger charge is 2.36. The minimum absolute atomic E-state index is 0.180. The molecule has 0 aliphatic heterocycles. The fourth-order valence-corrected chi connectivity index (χ4v) is 3.38. The molecule has 0 N–H and O–H groups in total. The van der Waals surface area contributed by atoms with Crippen molar-refractivity contribution in [3.63, 3.8) is 0 Å². The monoisotopic (exact) mass is 398 g/mol. The Morgan fingerprint density at radius 1 is 1.04 bits per heavy atom. The molecule has 0 radical (unpaired) electrons. The third-order valence-corrected chi connectivity index (χ3v) is 4.99. The van der Waals surface area contributed by atoms with Crippen LogP contribution in [0.2, 0.25) is 5.02 Å². The topological polar surface area (TPSA) is 9.23 Å². The number of alkyl halides is 2. The van der Waals surface area contributed by atoms with Crippen molar-refractivity contribution in [3.8, 4) is 5.75 Å². The maximum atomic E-state index is 14.1. The molecule has 144 valence electrons. The van der Waals surface area contributed by atoms with E-state index in [0.29, 0.717) is 17.0 Å². The van der Waals surface area contributed by atoms with E-state index in [0.717, 1.165) is 11.1 Å². The van der Waals surface area contributed by atoms with Crippen LogP contribution in [-0.2, 0) is 6.42 Å². The lowest BCUT2D eigenvalue weighted by atomic mass is 9.85. The van der Waals surface area contributed by atoms with E-state index in [4.69, 9.17) is 16.3 Å². The molecule has 0 atom stereocenters. The van der Waals surface area contributed by atoms with Gasteiger partial charge in [0.2, 0.25) is 5.82 Å². The van der Waals surface area contributed by atoms with Gasteiger partial charge in [-0.25, -0.2) is 13.2 Å². The van der Waals surface area contributed by atoms with E-state index >= 15 is 0 Å². The Balaban J connectivity index is 1.89. The van der Waals surface area contributed by atoms with Crippen molar-refractivity contribution in [2.45, 2.75) is 38.5 Å². The van der Waals surface area contributed by atoms with Crippen molar-refractivity contribution in [1.82, 2.24) is 0 Å². The van der Waals surface area contributed by atoms with Crippen molar-refractivity contribution in [2.75, 3.05) is 6.61 Å². The number of hydrogen-bond donors (Lipinski definition) is 0. The largest absolute Gasteiger partial charge is 0.486 e. The van der Waals surface area contributed by atoms with Gasteiger partial charge in [-0.3, -0.25) is 0 Å². The van der Waals surface area contributed by atoms with E-state index in [2.05, 4.69) is 0 Å². The summed E-state index contributed by atoms with van der Waals surface area (Å²) in [7, 11) is 0. The molecule has 0 spiro atoms. The van der Waals surface area contributed by atoms with Crippen molar-refractivity contribution < 1.29 is 22.3 Å². The zero-order chi connectivity index (χ0) is 19.6. The summed E-state index contributed by atoms with van der Waals surface area (Å²) in [5, 5.41) is 0.548. The lowest BCUT2D eigenvalue weighted by Gasteiger charge is -2.27. The van der Waals surface area contributed by atoms with Crippen LogP contribution in [0.5, 0.6) is 5.75 Å². The van der Waals surface area contributed by atoms with Crippen molar-refractivity contribution in [3.05, 3.63) is 69.8 Å². The Morgan fingerprint density at radius 2 is 1.74 bits per heavy atom. The molecule has 2 aromatic carbocycles. The van der Waals surface area contributed by atoms with Crippen LogP contribution in [0.15, 0.2) is 42.0 Å². The minimum Gasteiger partial charge on any atom is -0.486 e. The van der Waals surface area contributed by atoms with Gasteiger partial charge >= 0.3 is 0 Å². The first-order valence-electron chi connectivity index (χ1n) is 8.75. The van der Waals surface area contributed by atoms with Crippen LogP contribution in [0, 0.1) is 11.6 Å². The minimum atomic E-state index is -2.84. The third-order valence-electron chi connectivity index (χ3n) is 4.74. The Bertz CT molecular complexity index is 859. The zero-order valence-corrected chi connectivity index (χ0v) is 15.6. The molecule has 1 nitrogen and oxygen atoms in total. The molecule has 1 aliphatic rings. The summed E-state index contributed by atoms with van der Waals surface area (Å²) < 4.78 is 61.3. The fraction of sp³-hybridized carbons (Fsp3) is 0.333. The summed E-state index contributed by atoms with van der Waals surface area (Å²) in [4.78, 5) is 0. The first-order chi connectivity index (χ1) is 12.8. The summed E-state index contributed by atoms with van der Waals surface area (Å²) in [5.74, 6) is -5.17. The van der Waals surface area contributed by atoms with E-state index in [9.17, 15) is 17.6 Å². The molecule has 0 bridgehead atoms. The van der Waals surface area contributed by atoms with E-state index in [-0.39, 0.29) is 30.8 Å². The van der Waals surface area contributed by atoms with Crippen LogP contribution in [0.25, 0.3) is 5.57 Å². The lowest BCUT2D eigenvalue weighted by molar-refractivity contribution is -0.0112. The highest BCUT2D eigenvalue weighted by Crippen LogP contribution is 2.41. The van der Waals surface area contributed by atoms with Gasteiger partial charge < -0.3 is 4.74 Å². The number of aryl methyl sites for hydroxylation is 1. The smallest absolute Gasteiger partial charge is 0.252 e. The molecular formula is C21H19ClF4O. The summed E-state index contributed by atoms with van der Waals surface area (Å²) in [6.07, 6.45) is -0.204. The maximum Gasteiger partial charge on any atom is 0.252 e. The van der Waals surface area contributed by atoms with Gasteiger partial charge in [0.25, 0.3) is 5.92 Å². The van der Waals surface area contributed by atoms with Crippen LogP contribution in [0.1, 0.15) is 37.3 Å². The second-order valence-corrected chi connectivity index (χ2v) is 7.05. The zero-order valence-electron chi connectivity index (χ0n) is 14.8. The van der Waals surface area contributed by atoms with Gasteiger partial charge in [-0.05, 0) is 53.3 Å². The normalized spacial score (nSPS) is 16.5. The molecule has 0 amide bonds. The number of ether oxygens (including phenoxy) is 1. The highest BCUT2D eigenvalue weighted by molar-refractivity contribution is 6.30. The molecule has 0 saturated heterocycles. The number of allylic oxidation sites excluding steroid dienone is 1. The van der Waals surface area contributed by atoms with Crippen LogP contribution < -0.4 is 4.74 Å². The average molecular weight is 399 g/mol. The van der Waals surface area contributed by atoms with Crippen LogP contribution in [0.3, 0.4) is 0 Å². The molecule has 27 heavy (non-hydrogen) atoms. The molecular weight excluding hydrogens is 380 g/mol. The van der Waals surface area contributed by atoms with Gasteiger partial charge in [0.1, 0.15) is 6.61 Å². The van der Waals surface area contributed by atoms with Crippen molar-refractivity contribution in [2.24, 2.45) is 0 Å². The van der Waals surface area contributed by atoms with Crippen LogP contribution in [0.4, 0.5) is 17.6 Å². The van der Waals surface area contributed by atoms with E-state index in [1.165, 1.54) is 12.1 Å². The van der Waals surface area contributed by atoms with Gasteiger partial charge in [0, 0.05) is 17.9 Å². The summed E-state index contributed by atoms with van der Waals surface area (Å²) >= 11 is 5.89. The molecule has 1 aliphatic carbocycles. The Hall–Kier alpha value is -2.01. The number of rotatable bonds is 5. The standard InChI is InChI=1S/C21H19ClF4O/c1-2-13-5-8-18(20(24)19(13)23)27-12-15-11-21(25,26)10-9-17(15)14-3-6-16(22)7-4-14/h3-8H,2,9-12H2,1H3. The molecule has 0 saturated carbocycles. The first kappa shape index (κ1) is 19.7. The van der Waals surface area contributed by atoms with Gasteiger partial charge in [0.15, 0.2) is 11.6 Å². The quantitative estimate of drug-likeness (QED) is 0.501. The van der Waals surface area contributed by atoms with Crippen LogP contribution >= 0.6 is 11.6 Å². The van der Waals surface area contributed by atoms with Crippen LogP contribution in [-0.4, -0.2) is 12.5 Å². The second-order valence-electron chi connectivity index (χ2n) is 6.61. The molecule has 6 heteroatoms. The van der Waals surface area contributed by atoms with Gasteiger partial charge in [-0.2, -0.15) is 4.39 Å². The predicted molar refractivity (Wildman–Crippen MR) is 98.4 cm³/mol.